The van der Waals surface area contributed by atoms with Gasteiger partial charge in [0.25, 0.3) is 11.8 Å². The van der Waals surface area contributed by atoms with Crippen LogP contribution < -0.4 is 9.64 Å². The first-order chi connectivity index (χ1) is 17.5. The molecular formula is C30H31N3O3. The fourth-order valence-electron chi connectivity index (χ4n) is 4.62. The molecule has 0 bridgehead atoms. The average Bonchev–Trinajstić information content (AvgIpc) is 2.92. The van der Waals surface area contributed by atoms with Gasteiger partial charge in [-0.25, -0.2) is 0 Å². The zero-order chi connectivity index (χ0) is 25.1. The Labute approximate surface area is 212 Å². The molecule has 184 valence electrons. The van der Waals surface area contributed by atoms with Gasteiger partial charge in [-0.05, 0) is 54.9 Å². The molecule has 1 saturated heterocycles. The predicted octanol–water partition coefficient (Wildman–Crippen LogP) is 4.74. The number of rotatable bonds is 5. The lowest BCUT2D eigenvalue weighted by atomic mass is 10.1. The monoisotopic (exact) mass is 481 g/mol. The summed E-state index contributed by atoms with van der Waals surface area (Å²) in [6.45, 7) is 8.97. The molecule has 0 aromatic heterocycles. The van der Waals surface area contributed by atoms with Crippen LogP contribution in [-0.4, -0.2) is 54.3 Å². The number of piperazine rings is 1. The largest absolute Gasteiger partial charge is 0.449 e. The van der Waals surface area contributed by atoms with Gasteiger partial charge in [-0.1, -0.05) is 61.0 Å². The van der Waals surface area contributed by atoms with Crippen LogP contribution in [0.2, 0.25) is 0 Å². The number of carbonyl (C=O) groups excluding carboxylic acids is 2. The first-order valence-corrected chi connectivity index (χ1v) is 12.5. The Bertz CT molecular complexity index is 1270. The number of hydrogen-bond donors (Lipinski definition) is 0. The standard InChI is InChI=1S/C30H31N3O3/c1-3-31-16-18-32(19-17-31)29(34)25-14-12-23(13-15-25)20-28-30(35)33(21-24-10-8-22(2)9-11-24)26-6-4-5-7-27(26)36-28/h4-15,20H,3,16-19,21H2,1-2H3/b28-20+. The van der Waals surface area contributed by atoms with E-state index in [2.05, 4.69) is 24.0 Å². The highest BCUT2D eigenvalue weighted by Crippen LogP contribution is 2.36. The van der Waals surface area contributed by atoms with Gasteiger partial charge in [-0.3, -0.25) is 14.5 Å². The molecule has 2 aliphatic rings. The summed E-state index contributed by atoms with van der Waals surface area (Å²) in [5.41, 5.74) is 4.44. The molecule has 0 radical (unpaired) electrons. The third-order valence-corrected chi connectivity index (χ3v) is 6.86. The van der Waals surface area contributed by atoms with Gasteiger partial charge >= 0.3 is 0 Å². The second-order valence-electron chi connectivity index (χ2n) is 9.30. The zero-order valence-corrected chi connectivity index (χ0v) is 20.8. The summed E-state index contributed by atoms with van der Waals surface area (Å²) in [5.74, 6) is 0.764. The number of carbonyl (C=O) groups is 2. The molecule has 6 heteroatoms. The smallest absolute Gasteiger partial charge is 0.294 e. The van der Waals surface area contributed by atoms with Crippen molar-refractivity contribution in [2.24, 2.45) is 0 Å². The molecule has 0 saturated carbocycles. The number of anilines is 1. The van der Waals surface area contributed by atoms with Crippen molar-refractivity contribution in [3.8, 4) is 5.75 Å². The van der Waals surface area contributed by atoms with E-state index in [1.807, 2.05) is 72.5 Å². The van der Waals surface area contributed by atoms with E-state index >= 15 is 0 Å². The van der Waals surface area contributed by atoms with E-state index in [1.54, 1.807) is 11.0 Å². The van der Waals surface area contributed by atoms with Crippen LogP contribution in [0.4, 0.5) is 5.69 Å². The van der Waals surface area contributed by atoms with Crippen LogP contribution in [0, 0.1) is 6.92 Å². The number of benzene rings is 3. The molecular weight excluding hydrogens is 450 g/mol. The van der Waals surface area contributed by atoms with Gasteiger partial charge in [-0.2, -0.15) is 0 Å². The average molecular weight is 482 g/mol. The Balaban J connectivity index is 1.35. The molecule has 3 aromatic carbocycles. The summed E-state index contributed by atoms with van der Waals surface area (Å²) in [6.07, 6.45) is 1.74. The summed E-state index contributed by atoms with van der Waals surface area (Å²) in [5, 5.41) is 0. The Morgan fingerprint density at radius 2 is 1.61 bits per heavy atom. The fraction of sp³-hybridized carbons (Fsp3) is 0.267. The van der Waals surface area contributed by atoms with Gasteiger partial charge in [0.05, 0.1) is 12.2 Å². The molecule has 0 spiro atoms. The third kappa shape index (κ3) is 5.04. The minimum atomic E-state index is -0.191. The van der Waals surface area contributed by atoms with Crippen LogP contribution >= 0.6 is 0 Å². The van der Waals surface area contributed by atoms with Crippen molar-refractivity contribution in [3.05, 3.63) is 101 Å². The van der Waals surface area contributed by atoms with Crippen LogP contribution in [0.5, 0.6) is 5.75 Å². The highest BCUT2D eigenvalue weighted by atomic mass is 16.5. The molecule has 1 fully saturated rings. The third-order valence-electron chi connectivity index (χ3n) is 6.86. The fourth-order valence-corrected chi connectivity index (χ4v) is 4.62. The second kappa shape index (κ2) is 10.4. The number of hydrogen-bond acceptors (Lipinski definition) is 4. The van der Waals surface area contributed by atoms with Gasteiger partial charge in [0.1, 0.15) is 0 Å². The number of para-hydroxylation sites is 2. The molecule has 0 unspecified atom stereocenters. The van der Waals surface area contributed by atoms with Crippen LogP contribution in [0.25, 0.3) is 6.08 Å². The minimum Gasteiger partial charge on any atom is -0.449 e. The number of amides is 2. The van der Waals surface area contributed by atoms with Crippen molar-refractivity contribution in [2.45, 2.75) is 20.4 Å². The Kier molecular flexibility index (Phi) is 6.87. The van der Waals surface area contributed by atoms with Crippen LogP contribution in [0.15, 0.2) is 78.6 Å². The number of fused-ring (bicyclic) bond motifs is 1. The Hall–Kier alpha value is -3.90. The van der Waals surface area contributed by atoms with E-state index in [0.717, 1.165) is 49.5 Å². The van der Waals surface area contributed by atoms with Crippen molar-refractivity contribution < 1.29 is 14.3 Å². The molecule has 5 rings (SSSR count). The predicted molar refractivity (Wildman–Crippen MR) is 142 cm³/mol. The summed E-state index contributed by atoms with van der Waals surface area (Å²) in [4.78, 5) is 32.4. The summed E-state index contributed by atoms with van der Waals surface area (Å²) in [7, 11) is 0. The molecule has 3 aromatic rings. The van der Waals surface area contributed by atoms with Crippen molar-refractivity contribution >= 4 is 23.6 Å². The summed E-state index contributed by atoms with van der Waals surface area (Å²) >= 11 is 0. The molecule has 0 N–H and O–H groups in total. The van der Waals surface area contributed by atoms with Gasteiger partial charge in [-0.15, -0.1) is 0 Å². The lowest BCUT2D eigenvalue weighted by molar-refractivity contribution is -0.117. The van der Waals surface area contributed by atoms with Gasteiger partial charge in [0.15, 0.2) is 11.5 Å². The molecule has 2 aliphatic heterocycles. The van der Waals surface area contributed by atoms with Gasteiger partial charge in [0, 0.05) is 31.7 Å². The number of likely N-dealkylation sites (N-methyl/N-ethyl adjacent to an activating group) is 1. The van der Waals surface area contributed by atoms with E-state index in [1.165, 1.54) is 5.56 Å². The van der Waals surface area contributed by atoms with Crippen molar-refractivity contribution in [2.75, 3.05) is 37.6 Å². The molecule has 6 nitrogen and oxygen atoms in total. The first kappa shape index (κ1) is 23.8. The van der Waals surface area contributed by atoms with Crippen LogP contribution in [0.1, 0.15) is 34.0 Å². The molecule has 2 amide bonds. The zero-order valence-electron chi connectivity index (χ0n) is 20.8. The SMILES string of the molecule is CCN1CCN(C(=O)c2ccc(/C=C3/Oc4ccccc4N(Cc4ccc(C)cc4)C3=O)cc2)CC1. The highest BCUT2D eigenvalue weighted by Gasteiger charge is 2.30. The topological polar surface area (TPSA) is 53.1 Å². The number of ether oxygens (including phenoxy) is 1. The first-order valence-electron chi connectivity index (χ1n) is 12.5. The van der Waals surface area contributed by atoms with E-state index in [4.69, 9.17) is 4.74 Å². The highest BCUT2D eigenvalue weighted by molar-refractivity contribution is 6.09. The van der Waals surface area contributed by atoms with Crippen molar-refractivity contribution in [1.82, 2.24) is 9.80 Å². The molecule has 2 heterocycles. The number of aryl methyl sites for hydroxylation is 1. The van der Waals surface area contributed by atoms with Crippen LogP contribution in [0.3, 0.4) is 0 Å². The Morgan fingerprint density at radius 3 is 2.31 bits per heavy atom. The van der Waals surface area contributed by atoms with Crippen LogP contribution in [-0.2, 0) is 11.3 Å². The molecule has 0 aliphatic carbocycles. The lowest BCUT2D eigenvalue weighted by Crippen LogP contribution is -2.48. The maximum absolute atomic E-state index is 13.5. The maximum atomic E-state index is 13.5. The molecule has 0 atom stereocenters. The summed E-state index contributed by atoms with van der Waals surface area (Å²) < 4.78 is 6.02. The quantitative estimate of drug-likeness (QED) is 0.494. The van der Waals surface area contributed by atoms with E-state index in [9.17, 15) is 9.59 Å². The van der Waals surface area contributed by atoms with Crippen molar-refractivity contribution in [3.63, 3.8) is 0 Å². The summed E-state index contributed by atoms with van der Waals surface area (Å²) in [6, 6.07) is 23.2. The maximum Gasteiger partial charge on any atom is 0.294 e. The lowest BCUT2D eigenvalue weighted by Gasteiger charge is -2.34. The van der Waals surface area contributed by atoms with Gasteiger partial charge in [0.2, 0.25) is 0 Å². The molecule has 36 heavy (non-hydrogen) atoms. The normalized spacial score (nSPS) is 17.2. The van der Waals surface area contributed by atoms with E-state index in [-0.39, 0.29) is 17.6 Å². The second-order valence-corrected chi connectivity index (χ2v) is 9.30. The van der Waals surface area contributed by atoms with Gasteiger partial charge < -0.3 is 14.5 Å². The van der Waals surface area contributed by atoms with E-state index in [0.29, 0.717) is 17.9 Å². The Morgan fingerprint density at radius 1 is 0.917 bits per heavy atom. The number of nitrogens with zero attached hydrogens (tertiary/aromatic N) is 3. The van der Waals surface area contributed by atoms with E-state index < -0.39 is 0 Å². The van der Waals surface area contributed by atoms with Crippen molar-refractivity contribution in [1.29, 1.82) is 0 Å². The minimum absolute atomic E-state index is 0.0492.